The molecule has 0 radical (unpaired) electrons. The second-order valence-electron chi connectivity index (χ2n) is 14.1. The minimum absolute atomic E-state index is 0.157. The van der Waals surface area contributed by atoms with Crippen molar-refractivity contribution >= 4 is 17.8 Å². The molecule has 1 aromatic rings. The molecule has 1 saturated carbocycles. The molecule has 0 spiro atoms. The molecule has 2 aliphatic heterocycles. The van der Waals surface area contributed by atoms with Crippen LogP contribution in [0, 0.1) is 24.7 Å². The van der Waals surface area contributed by atoms with Crippen molar-refractivity contribution in [1.82, 2.24) is 10.2 Å². The molecule has 1 N–H and O–H groups in total. The van der Waals surface area contributed by atoms with Crippen molar-refractivity contribution in [2.75, 3.05) is 6.54 Å². The number of benzene rings is 1. The van der Waals surface area contributed by atoms with Gasteiger partial charge in [-0.25, -0.2) is 0 Å². The van der Waals surface area contributed by atoms with E-state index in [1.165, 1.54) is 29.5 Å². The Balaban J connectivity index is 1.59. The molecule has 0 bridgehead atoms. The number of carbonyl (C=O) groups excluding carboxylic acids is 3. The number of hydrogen-bond acceptors (Lipinski definition) is 5. The monoisotopic (exact) mass is 588 g/mol. The first kappa shape index (κ1) is 32.8. The van der Waals surface area contributed by atoms with E-state index in [0.29, 0.717) is 35.8 Å². The van der Waals surface area contributed by atoms with Crippen LogP contribution in [0.1, 0.15) is 104 Å². The fraction of sp³-hybridized carbons (Fsp3) is 0.595. The predicted octanol–water partition coefficient (Wildman–Crippen LogP) is 7.37. The maximum Gasteiger partial charge on any atom is 0.306 e. The minimum atomic E-state index is -0.472. The molecule has 6 nitrogen and oxygen atoms in total. The van der Waals surface area contributed by atoms with Gasteiger partial charge in [0.25, 0.3) is 11.8 Å². The number of amides is 2. The molecule has 0 aromatic heterocycles. The molecule has 6 heteroatoms. The average Bonchev–Trinajstić information content (AvgIpc) is 3.05. The molecule has 2 amide bonds. The summed E-state index contributed by atoms with van der Waals surface area (Å²) in [5, 5.41) is 2.51. The number of carbonyl (C=O) groups is 3. The number of rotatable bonds is 9. The summed E-state index contributed by atoms with van der Waals surface area (Å²) >= 11 is 0. The molecule has 2 heterocycles. The zero-order valence-electron chi connectivity index (χ0n) is 27.2. The zero-order chi connectivity index (χ0) is 31.1. The van der Waals surface area contributed by atoms with Crippen molar-refractivity contribution in [1.29, 1.82) is 0 Å². The third-order valence-corrected chi connectivity index (χ3v) is 9.41. The first-order valence-electron chi connectivity index (χ1n) is 16.4. The van der Waals surface area contributed by atoms with Crippen molar-refractivity contribution in [2.24, 2.45) is 17.8 Å². The Kier molecular flexibility index (Phi) is 11.1. The predicted molar refractivity (Wildman–Crippen MR) is 172 cm³/mol. The number of ether oxygens (including phenoxy) is 1. The van der Waals surface area contributed by atoms with Crippen molar-refractivity contribution < 1.29 is 19.1 Å². The normalized spacial score (nSPS) is 24.9. The first-order valence-corrected chi connectivity index (χ1v) is 16.4. The minimum Gasteiger partial charge on any atom is -0.460 e. The average molecular weight is 589 g/mol. The Morgan fingerprint density at radius 2 is 1.79 bits per heavy atom. The van der Waals surface area contributed by atoms with Gasteiger partial charge in [0.2, 0.25) is 0 Å². The van der Waals surface area contributed by atoms with Crippen LogP contribution in [-0.4, -0.2) is 40.9 Å². The van der Waals surface area contributed by atoms with Crippen molar-refractivity contribution in [3.05, 3.63) is 70.5 Å². The molecule has 4 atom stereocenters. The second kappa shape index (κ2) is 14.5. The molecular weight excluding hydrogens is 536 g/mol. The molecule has 43 heavy (non-hydrogen) atoms. The second-order valence-corrected chi connectivity index (χ2v) is 14.1. The van der Waals surface area contributed by atoms with E-state index in [9.17, 15) is 14.4 Å². The summed E-state index contributed by atoms with van der Waals surface area (Å²) in [6, 6.07) is 8.98. The SMILES string of the molecule is Cc1ccc(CC(=CCCCC(=O)OC(C)(C)C)CCN2C3=CC(=O)NC(=O)C3=CCCC3CCC(C)C(C)CC32)cc1. The molecule has 234 valence electrons. The van der Waals surface area contributed by atoms with E-state index in [-0.39, 0.29) is 17.8 Å². The van der Waals surface area contributed by atoms with Gasteiger partial charge in [0, 0.05) is 25.1 Å². The van der Waals surface area contributed by atoms with Crippen LogP contribution < -0.4 is 5.32 Å². The Hall–Kier alpha value is -3.15. The molecular formula is C37H52N2O4. The molecule has 0 saturated heterocycles. The summed E-state index contributed by atoms with van der Waals surface area (Å²) in [6.45, 7) is 13.3. The lowest BCUT2D eigenvalue weighted by Gasteiger charge is -2.43. The van der Waals surface area contributed by atoms with E-state index in [2.05, 4.69) is 61.3 Å². The molecule has 4 unspecified atom stereocenters. The van der Waals surface area contributed by atoms with Gasteiger partial charge in [0.1, 0.15) is 5.60 Å². The number of imide groups is 1. The Bertz CT molecular complexity index is 1250. The number of nitrogens with one attached hydrogen (secondary N) is 1. The lowest BCUT2D eigenvalue weighted by atomic mass is 9.84. The number of nitrogens with zero attached hydrogens (tertiary/aromatic N) is 1. The fourth-order valence-corrected chi connectivity index (χ4v) is 6.79. The van der Waals surface area contributed by atoms with E-state index in [1.807, 2.05) is 26.8 Å². The molecule has 3 aliphatic rings. The molecule has 1 aromatic carbocycles. The molecule has 1 aliphatic carbocycles. The summed E-state index contributed by atoms with van der Waals surface area (Å²) in [7, 11) is 0. The van der Waals surface area contributed by atoms with E-state index in [1.54, 1.807) is 6.08 Å². The zero-order valence-corrected chi connectivity index (χ0v) is 27.2. The highest BCUT2D eigenvalue weighted by Crippen LogP contribution is 2.41. The number of aryl methyl sites for hydroxylation is 1. The lowest BCUT2D eigenvalue weighted by molar-refractivity contribution is -0.154. The van der Waals surface area contributed by atoms with Gasteiger partial charge in [0.05, 0.1) is 11.3 Å². The number of esters is 1. The quantitative estimate of drug-likeness (QED) is 0.141. The highest BCUT2D eigenvalue weighted by atomic mass is 16.6. The number of unbranched alkanes of at least 4 members (excludes halogenated alkanes) is 1. The van der Waals surface area contributed by atoms with Gasteiger partial charge in [-0.3, -0.25) is 19.7 Å². The third-order valence-electron chi connectivity index (χ3n) is 9.41. The Labute approximate surface area is 259 Å². The van der Waals surface area contributed by atoms with Crippen LogP contribution in [0.2, 0.25) is 0 Å². The van der Waals surface area contributed by atoms with Crippen LogP contribution in [-0.2, 0) is 25.5 Å². The Morgan fingerprint density at radius 3 is 2.51 bits per heavy atom. The third kappa shape index (κ3) is 9.42. The maximum atomic E-state index is 13.0. The topological polar surface area (TPSA) is 75.7 Å². The fourth-order valence-electron chi connectivity index (χ4n) is 6.79. The largest absolute Gasteiger partial charge is 0.460 e. The van der Waals surface area contributed by atoms with E-state index in [0.717, 1.165) is 57.2 Å². The van der Waals surface area contributed by atoms with Crippen LogP contribution in [0.4, 0.5) is 0 Å². The molecule has 4 rings (SSSR count). The highest BCUT2D eigenvalue weighted by Gasteiger charge is 2.38. The van der Waals surface area contributed by atoms with Gasteiger partial charge in [-0.1, -0.05) is 67.8 Å². The summed E-state index contributed by atoms with van der Waals surface area (Å²) in [5.74, 6) is 1.01. The van der Waals surface area contributed by atoms with Crippen molar-refractivity contribution in [3.8, 4) is 0 Å². The Morgan fingerprint density at radius 1 is 1.05 bits per heavy atom. The van der Waals surface area contributed by atoms with Crippen LogP contribution >= 0.6 is 0 Å². The number of hydrogen-bond donors (Lipinski definition) is 1. The standard InChI is InChI=1S/C37H52N2O4/c1-25-14-17-29(18-15-25)23-28(10-7-8-13-35(41)43-37(4,5)6)20-21-39-32-22-27(3)26(2)16-19-30(32)11-9-12-31-33(39)24-34(40)38-36(31)42/h10,12,14-15,17-18,24,26-27,30,32H,7-9,11,13,16,19-23H2,1-6H3,(H,38,40,42). The highest BCUT2D eigenvalue weighted by molar-refractivity contribution is 6.14. The van der Waals surface area contributed by atoms with E-state index >= 15 is 0 Å². The van der Waals surface area contributed by atoms with Gasteiger partial charge >= 0.3 is 5.97 Å². The van der Waals surface area contributed by atoms with Crippen LogP contribution in [0.15, 0.2) is 59.3 Å². The van der Waals surface area contributed by atoms with Crippen LogP contribution in [0.25, 0.3) is 0 Å². The smallest absolute Gasteiger partial charge is 0.306 e. The van der Waals surface area contributed by atoms with Crippen LogP contribution in [0.5, 0.6) is 0 Å². The maximum absolute atomic E-state index is 13.0. The number of fused-ring (bicyclic) bond motifs is 2. The summed E-state index contributed by atoms with van der Waals surface area (Å²) in [6.07, 6.45) is 15.0. The summed E-state index contributed by atoms with van der Waals surface area (Å²) < 4.78 is 5.51. The van der Waals surface area contributed by atoms with Crippen LogP contribution in [0.3, 0.4) is 0 Å². The van der Waals surface area contributed by atoms with Gasteiger partial charge in [-0.15, -0.1) is 0 Å². The van der Waals surface area contributed by atoms with Gasteiger partial charge in [-0.05, 0) is 102 Å². The van der Waals surface area contributed by atoms with Crippen molar-refractivity contribution in [2.45, 2.75) is 117 Å². The summed E-state index contributed by atoms with van der Waals surface area (Å²) in [4.78, 5) is 40.3. The lowest BCUT2D eigenvalue weighted by Crippen LogP contribution is -2.47. The van der Waals surface area contributed by atoms with Gasteiger partial charge in [-0.2, -0.15) is 0 Å². The van der Waals surface area contributed by atoms with E-state index in [4.69, 9.17) is 4.74 Å². The number of allylic oxidation sites excluding steroid dienone is 2. The first-order chi connectivity index (χ1) is 20.4. The molecule has 1 fully saturated rings. The summed E-state index contributed by atoms with van der Waals surface area (Å²) in [5.41, 5.74) is 4.79. The van der Waals surface area contributed by atoms with Gasteiger partial charge < -0.3 is 9.64 Å². The van der Waals surface area contributed by atoms with Crippen molar-refractivity contribution in [3.63, 3.8) is 0 Å². The van der Waals surface area contributed by atoms with Gasteiger partial charge in [0.15, 0.2) is 0 Å². The van der Waals surface area contributed by atoms with E-state index < -0.39 is 5.60 Å².